The second kappa shape index (κ2) is 5.63. The van der Waals surface area contributed by atoms with Crippen molar-refractivity contribution in [2.24, 2.45) is 0 Å². The van der Waals surface area contributed by atoms with Crippen LogP contribution in [0.15, 0.2) is 40.9 Å². The summed E-state index contributed by atoms with van der Waals surface area (Å²) in [5.74, 6) is -0.318. The molecule has 0 aromatic heterocycles. The summed E-state index contributed by atoms with van der Waals surface area (Å²) in [5, 5.41) is 12.2. The number of phenolic OH excluding ortho intramolecular Hbond substituents is 1. The zero-order valence-electron chi connectivity index (χ0n) is 10.1. The number of nitrogens with one attached hydrogen (secondary N) is 1. The first-order valence-electron chi connectivity index (χ1n) is 5.53. The van der Waals surface area contributed by atoms with Crippen LogP contribution in [0.1, 0.15) is 15.9 Å². The van der Waals surface area contributed by atoms with E-state index in [1.165, 1.54) is 18.2 Å². The number of aryl methyl sites for hydroxylation is 1. The van der Waals surface area contributed by atoms with Gasteiger partial charge in [-0.25, -0.2) is 0 Å². The van der Waals surface area contributed by atoms with Crippen molar-refractivity contribution in [2.45, 2.75) is 6.92 Å². The summed E-state index contributed by atoms with van der Waals surface area (Å²) >= 11 is 9.17. The molecule has 0 atom stereocenters. The highest BCUT2D eigenvalue weighted by Gasteiger charge is 2.09. The third kappa shape index (κ3) is 3.28. The average Bonchev–Trinajstić information content (AvgIpc) is 2.37. The topological polar surface area (TPSA) is 49.3 Å². The number of benzene rings is 2. The number of rotatable bonds is 2. The molecule has 0 radical (unpaired) electrons. The van der Waals surface area contributed by atoms with Crippen molar-refractivity contribution < 1.29 is 9.90 Å². The Kier molecular flexibility index (Phi) is 4.12. The Balaban J connectivity index is 2.20. The molecule has 0 heterocycles. The molecule has 2 aromatic rings. The molecule has 0 bridgehead atoms. The second-order valence-electron chi connectivity index (χ2n) is 4.08. The van der Waals surface area contributed by atoms with E-state index in [-0.39, 0.29) is 16.7 Å². The largest absolute Gasteiger partial charge is 0.506 e. The molecular formula is C14H11BrClNO2. The Morgan fingerprint density at radius 1 is 1.26 bits per heavy atom. The van der Waals surface area contributed by atoms with Gasteiger partial charge in [-0.3, -0.25) is 4.79 Å². The first-order valence-corrected chi connectivity index (χ1v) is 6.70. The smallest absolute Gasteiger partial charge is 0.255 e. The van der Waals surface area contributed by atoms with E-state index in [9.17, 15) is 9.90 Å². The molecular weight excluding hydrogens is 330 g/mol. The van der Waals surface area contributed by atoms with Crippen molar-refractivity contribution in [3.05, 3.63) is 57.0 Å². The van der Waals surface area contributed by atoms with Gasteiger partial charge in [-0.1, -0.05) is 27.5 Å². The predicted octanol–water partition coefficient (Wildman–Crippen LogP) is 4.37. The van der Waals surface area contributed by atoms with Crippen LogP contribution in [0.25, 0.3) is 0 Å². The molecule has 1 amide bonds. The second-order valence-corrected chi connectivity index (χ2v) is 5.35. The fraction of sp³-hybridized carbons (Fsp3) is 0.0714. The SMILES string of the molecule is Cc1cc(NC(=O)c2ccc(O)c(Cl)c2)ccc1Br. The first-order chi connectivity index (χ1) is 8.97. The molecule has 0 saturated heterocycles. The monoisotopic (exact) mass is 339 g/mol. The van der Waals surface area contributed by atoms with Gasteiger partial charge >= 0.3 is 0 Å². The summed E-state index contributed by atoms with van der Waals surface area (Å²) in [4.78, 5) is 12.0. The summed E-state index contributed by atoms with van der Waals surface area (Å²) in [6.07, 6.45) is 0. The van der Waals surface area contributed by atoms with Crippen molar-refractivity contribution in [1.82, 2.24) is 0 Å². The number of phenols is 1. The molecule has 3 nitrogen and oxygen atoms in total. The van der Waals surface area contributed by atoms with E-state index in [1.807, 2.05) is 19.1 Å². The van der Waals surface area contributed by atoms with Crippen LogP contribution in [0.5, 0.6) is 5.75 Å². The molecule has 0 fully saturated rings. The van der Waals surface area contributed by atoms with Gasteiger partial charge in [0.05, 0.1) is 5.02 Å². The molecule has 98 valence electrons. The lowest BCUT2D eigenvalue weighted by atomic mass is 10.2. The van der Waals surface area contributed by atoms with Crippen LogP contribution in [-0.4, -0.2) is 11.0 Å². The van der Waals surface area contributed by atoms with Crippen LogP contribution in [0.4, 0.5) is 5.69 Å². The van der Waals surface area contributed by atoms with Gasteiger partial charge in [0.1, 0.15) is 5.75 Å². The molecule has 2 rings (SSSR count). The molecule has 0 aliphatic rings. The van der Waals surface area contributed by atoms with Crippen molar-refractivity contribution in [3.63, 3.8) is 0 Å². The first kappa shape index (κ1) is 13.9. The highest BCUT2D eigenvalue weighted by atomic mass is 79.9. The molecule has 5 heteroatoms. The van der Waals surface area contributed by atoms with Gasteiger partial charge in [0.15, 0.2) is 0 Å². The number of carbonyl (C=O) groups excluding carboxylic acids is 1. The fourth-order valence-electron chi connectivity index (χ4n) is 1.57. The molecule has 0 aliphatic heterocycles. The maximum absolute atomic E-state index is 12.0. The normalized spacial score (nSPS) is 10.3. The lowest BCUT2D eigenvalue weighted by molar-refractivity contribution is 0.102. The zero-order chi connectivity index (χ0) is 14.0. The van der Waals surface area contributed by atoms with Gasteiger partial charge in [0, 0.05) is 15.7 Å². The highest BCUT2D eigenvalue weighted by Crippen LogP contribution is 2.25. The molecule has 0 unspecified atom stereocenters. The molecule has 19 heavy (non-hydrogen) atoms. The van der Waals surface area contributed by atoms with E-state index in [0.717, 1.165) is 10.0 Å². The third-order valence-corrected chi connectivity index (χ3v) is 3.82. The average molecular weight is 341 g/mol. The van der Waals surface area contributed by atoms with Crippen LogP contribution in [0.2, 0.25) is 5.02 Å². The minimum atomic E-state index is -0.274. The summed E-state index contributed by atoms with van der Waals surface area (Å²) in [5.41, 5.74) is 2.12. The lowest BCUT2D eigenvalue weighted by Crippen LogP contribution is -2.11. The predicted molar refractivity (Wildman–Crippen MR) is 79.9 cm³/mol. The quantitative estimate of drug-likeness (QED) is 0.853. The standard InChI is InChI=1S/C14H11BrClNO2/c1-8-6-10(3-4-11(8)15)17-14(19)9-2-5-13(18)12(16)7-9/h2-7,18H,1H3,(H,17,19). The maximum Gasteiger partial charge on any atom is 0.255 e. The van der Waals surface area contributed by atoms with Crippen molar-refractivity contribution in [2.75, 3.05) is 5.32 Å². The van der Waals surface area contributed by atoms with E-state index in [2.05, 4.69) is 21.2 Å². The lowest BCUT2D eigenvalue weighted by Gasteiger charge is -2.08. The summed E-state index contributed by atoms with van der Waals surface area (Å²) in [6, 6.07) is 9.88. The van der Waals surface area contributed by atoms with Crippen molar-refractivity contribution in [1.29, 1.82) is 0 Å². The van der Waals surface area contributed by atoms with Gasteiger partial charge in [-0.15, -0.1) is 0 Å². The number of hydrogen-bond donors (Lipinski definition) is 2. The van der Waals surface area contributed by atoms with Crippen LogP contribution in [-0.2, 0) is 0 Å². The Labute approximate surface area is 124 Å². The highest BCUT2D eigenvalue weighted by molar-refractivity contribution is 9.10. The number of anilines is 1. The van der Waals surface area contributed by atoms with E-state index < -0.39 is 0 Å². The summed E-state index contributed by atoms with van der Waals surface area (Å²) in [7, 11) is 0. The Morgan fingerprint density at radius 3 is 2.63 bits per heavy atom. The molecule has 0 aliphatic carbocycles. The van der Waals surface area contributed by atoms with Gasteiger partial charge < -0.3 is 10.4 Å². The van der Waals surface area contributed by atoms with E-state index in [0.29, 0.717) is 11.3 Å². The minimum Gasteiger partial charge on any atom is -0.506 e. The van der Waals surface area contributed by atoms with Crippen LogP contribution in [0, 0.1) is 6.92 Å². The van der Waals surface area contributed by atoms with Crippen molar-refractivity contribution in [3.8, 4) is 5.75 Å². The molecule has 2 N–H and O–H groups in total. The summed E-state index contributed by atoms with van der Waals surface area (Å²) < 4.78 is 0.984. The number of carbonyl (C=O) groups is 1. The Bertz CT molecular complexity index is 643. The van der Waals surface area contributed by atoms with E-state index in [1.54, 1.807) is 6.07 Å². The number of amides is 1. The number of halogens is 2. The number of hydrogen-bond acceptors (Lipinski definition) is 2. The molecule has 0 spiro atoms. The Hall–Kier alpha value is -1.52. The van der Waals surface area contributed by atoms with Crippen molar-refractivity contribution >= 4 is 39.1 Å². The van der Waals surface area contributed by atoms with Gasteiger partial charge in [-0.05, 0) is 48.9 Å². The summed E-state index contributed by atoms with van der Waals surface area (Å²) in [6.45, 7) is 1.94. The van der Waals surface area contributed by atoms with Crippen LogP contribution < -0.4 is 5.32 Å². The fourth-order valence-corrected chi connectivity index (χ4v) is 2.00. The van der Waals surface area contributed by atoms with Gasteiger partial charge in [0.25, 0.3) is 5.91 Å². The van der Waals surface area contributed by atoms with Gasteiger partial charge in [0.2, 0.25) is 0 Å². The van der Waals surface area contributed by atoms with E-state index in [4.69, 9.17) is 11.6 Å². The van der Waals surface area contributed by atoms with E-state index >= 15 is 0 Å². The molecule has 2 aromatic carbocycles. The van der Waals surface area contributed by atoms with Crippen LogP contribution >= 0.6 is 27.5 Å². The third-order valence-electron chi connectivity index (χ3n) is 2.63. The molecule has 0 saturated carbocycles. The van der Waals surface area contributed by atoms with Crippen LogP contribution in [0.3, 0.4) is 0 Å². The number of aromatic hydroxyl groups is 1. The maximum atomic E-state index is 12.0. The zero-order valence-corrected chi connectivity index (χ0v) is 12.4. The van der Waals surface area contributed by atoms with Gasteiger partial charge in [-0.2, -0.15) is 0 Å². The Morgan fingerprint density at radius 2 is 2.00 bits per heavy atom. The minimum absolute atomic E-state index is 0.0438.